The van der Waals surface area contributed by atoms with Crippen molar-refractivity contribution >= 4 is 29.2 Å². The Balaban J connectivity index is 1.67. The maximum Gasteiger partial charge on any atom is 0.317 e. The fourth-order valence-corrected chi connectivity index (χ4v) is 3.58. The number of halogens is 2. The largest absolute Gasteiger partial charge is 0.372 e. The van der Waals surface area contributed by atoms with Crippen LogP contribution >= 0.6 is 23.2 Å². The van der Waals surface area contributed by atoms with Crippen LogP contribution in [0.15, 0.2) is 18.2 Å². The van der Waals surface area contributed by atoms with Gasteiger partial charge in [-0.25, -0.2) is 4.79 Å². The monoisotopic (exact) mass is 371 g/mol. The van der Waals surface area contributed by atoms with Gasteiger partial charge in [-0.15, -0.1) is 0 Å². The molecule has 2 amide bonds. The van der Waals surface area contributed by atoms with Gasteiger partial charge in [0.1, 0.15) is 0 Å². The van der Waals surface area contributed by atoms with Crippen molar-refractivity contribution in [3.05, 3.63) is 33.8 Å². The number of benzene rings is 1. The third-order valence-electron chi connectivity index (χ3n) is 4.59. The van der Waals surface area contributed by atoms with Crippen molar-refractivity contribution in [2.75, 3.05) is 39.3 Å². The van der Waals surface area contributed by atoms with Crippen molar-refractivity contribution in [2.45, 2.75) is 18.9 Å². The number of urea groups is 1. The number of carbonyl (C=O) groups excluding carboxylic acids is 1. The van der Waals surface area contributed by atoms with Crippen LogP contribution in [0.3, 0.4) is 0 Å². The van der Waals surface area contributed by atoms with Gasteiger partial charge in [0, 0.05) is 38.6 Å². The second-order valence-corrected chi connectivity index (χ2v) is 7.12. The Morgan fingerprint density at radius 3 is 2.83 bits per heavy atom. The molecule has 2 aliphatic rings. The maximum absolute atomic E-state index is 12.2. The van der Waals surface area contributed by atoms with Gasteiger partial charge in [-0.05, 0) is 30.5 Å². The molecule has 132 valence electrons. The van der Waals surface area contributed by atoms with Crippen LogP contribution in [0, 0.1) is 5.92 Å². The second kappa shape index (κ2) is 8.39. The van der Waals surface area contributed by atoms with Crippen LogP contribution in [0.2, 0.25) is 10.0 Å². The first-order chi connectivity index (χ1) is 11.6. The minimum Gasteiger partial charge on any atom is -0.372 e. The number of hydrogen-bond donors (Lipinski definition) is 2. The van der Waals surface area contributed by atoms with Gasteiger partial charge in [-0.2, -0.15) is 0 Å². The highest BCUT2D eigenvalue weighted by molar-refractivity contribution is 6.42. The van der Waals surface area contributed by atoms with E-state index in [9.17, 15) is 4.79 Å². The van der Waals surface area contributed by atoms with E-state index in [0.717, 1.165) is 44.6 Å². The molecular weight excluding hydrogens is 349 g/mol. The van der Waals surface area contributed by atoms with Gasteiger partial charge >= 0.3 is 6.03 Å². The third-order valence-corrected chi connectivity index (χ3v) is 5.33. The molecule has 5 nitrogen and oxygen atoms in total. The summed E-state index contributed by atoms with van der Waals surface area (Å²) in [5.41, 5.74) is 0.994. The Morgan fingerprint density at radius 1 is 1.29 bits per heavy atom. The van der Waals surface area contributed by atoms with E-state index in [0.29, 0.717) is 23.2 Å². The molecule has 0 aliphatic carbocycles. The normalized spacial score (nSPS) is 24.7. The second-order valence-electron chi connectivity index (χ2n) is 6.31. The van der Waals surface area contributed by atoms with Crippen molar-refractivity contribution in [2.24, 2.45) is 5.92 Å². The minimum absolute atomic E-state index is 0.0182. The fraction of sp³-hybridized carbons (Fsp3) is 0.588. The SMILES string of the molecule is O=C(NCC1CNCCOC1c1ccc(Cl)c(Cl)c1)N1CCCC1. The third kappa shape index (κ3) is 4.33. The van der Waals surface area contributed by atoms with E-state index in [1.54, 1.807) is 6.07 Å². The molecule has 1 aromatic rings. The lowest BCUT2D eigenvalue weighted by Crippen LogP contribution is -2.42. The van der Waals surface area contributed by atoms with Crippen LogP contribution in [-0.4, -0.2) is 50.3 Å². The summed E-state index contributed by atoms with van der Waals surface area (Å²) in [5, 5.41) is 7.48. The molecule has 2 saturated heterocycles. The molecule has 24 heavy (non-hydrogen) atoms. The Labute approximate surface area is 152 Å². The number of carbonyl (C=O) groups is 1. The molecule has 3 rings (SSSR count). The number of amides is 2. The van der Waals surface area contributed by atoms with Crippen molar-refractivity contribution in [3.63, 3.8) is 0 Å². The number of hydrogen-bond acceptors (Lipinski definition) is 3. The Morgan fingerprint density at radius 2 is 2.08 bits per heavy atom. The summed E-state index contributed by atoms with van der Waals surface area (Å²) in [6, 6.07) is 5.61. The summed E-state index contributed by atoms with van der Waals surface area (Å²) in [7, 11) is 0. The van der Waals surface area contributed by atoms with E-state index >= 15 is 0 Å². The van der Waals surface area contributed by atoms with Gasteiger partial charge in [0.2, 0.25) is 0 Å². The Kier molecular flexibility index (Phi) is 6.22. The van der Waals surface area contributed by atoms with Crippen molar-refractivity contribution in [3.8, 4) is 0 Å². The lowest BCUT2D eigenvalue weighted by Gasteiger charge is -2.27. The number of rotatable bonds is 3. The smallest absolute Gasteiger partial charge is 0.317 e. The highest BCUT2D eigenvalue weighted by Crippen LogP contribution is 2.31. The van der Waals surface area contributed by atoms with Gasteiger partial charge in [0.25, 0.3) is 0 Å². The van der Waals surface area contributed by atoms with Crippen molar-refractivity contribution < 1.29 is 9.53 Å². The summed E-state index contributed by atoms with van der Waals surface area (Å²) in [6.45, 7) is 4.47. The molecule has 2 atom stereocenters. The lowest BCUT2D eigenvalue weighted by molar-refractivity contribution is 0.0312. The van der Waals surface area contributed by atoms with Gasteiger partial charge in [-0.3, -0.25) is 0 Å². The average Bonchev–Trinajstić information content (AvgIpc) is 3.02. The molecule has 7 heteroatoms. The molecule has 2 heterocycles. The predicted molar refractivity (Wildman–Crippen MR) is 95.7 cm³/mol. The molecule has 0 spiro atoms. The van der Waals surface area contributed by atoms with Crippen LogP contribution in [0.25, 0.3) is 0 Å². The molecule has 0 aromatic heterocycles. The molecule has 0 radical (unpaired) electrons. The van der Waals surface area contributed by atoms with Gasteiger partial charge in [0.05, 0.1) is 22.8 Å². The summed E-state index contributed by atoms with van der Waals surface area (Å²) >= 11 is 12.2. The molecule has 2 N–H and O–H groups in total. The van der Waals surface area contributed by atoms with E-state index in [2.05, 4.69) is 10.6 Å². The van der Waals surface area contributed by atoms with Crippen LogP contribution in [0.1, 0.15) is 24.5 Å². The van der Waals surface area contributed by atoms with Crippen LogP contribution in [-0.2, 0) is 4.74 Å². The van der Waals surface area contributed by atoms with E-state index in [4.69, 9.17) is 27.9 Å². The standard InChI is InChI=1S/C17H23Cl2N3O2/c18-14-4-3-12(9-15(14)19)16-13(10-20-5-8-24-16)11-21-17(23)22-6-1-2-7-22/h3-4,9,13,16,20H,1-2,5-8,10-11H2,(H,21,23). The van der Waals surface area contributed by atoms with E-state index < -0.39 is 0 Å². The highest BCUT2D eigenvalue weighted by Gasteiger charge is 2.28. The maximum atomic E-state index is 12.2. The average molecular weight is 372 g/mol. The summed E-state index contributed by atoms with van der Waals surface area (Å²) in [4.78, 5) is 14.1. The Hall–Kier alpha value is -1.01. The number of nitrogens with zero attached hydrogens (tertiary/aromatic N) is 1. The van der Waals surface area contributed by atoms with Crippen molar-refractivity contribution in [1.29, 1.82) is 0 Å². The summed E-state index contributed by atoms with van der Waals surface area (Å²) in [6.07, 6.45) is 2.06. The van der Waals surface area contributed by atoms with E-state index in [-0.39, 0.29) is 18.1 Å². The van der Waals surface area contributed by atoms with Gasteiger partial charge in [-0.1, -0.05) is 29.3 Å². The molecular formula is C17H23Cl2N3O2. The molecule has 0 saturated carbocycles. The zero-order valence-electron chi connectivity index (χ0n) is 13.6. The van der Waals surface area contributed by atoms with Crippen LogP contribution < -0.4 is 10.6 Å². The molecule has 2 fully saturated rings. The van der Waals surface area contributed by atoms with Crippen LogP contribution in [0.4, 0.5) is 4.79 Å². The Bertz CT molecular complexity index is 579. The molecule has 0 bridgehead atoms. The molecule has 1 aromatic carbocycles. The van der Waals surface area contributed by atoms with Crippen molar-refractivity contribution in [1.82, 2.24) is 15.5 Å². The summed E-state index contributed by atoms with van der Waals surface area (Å²) < 4.78 is 6.03. The van der Waals surface area contributed by atoms with Gasteiger partial charge < -0.3 is 20.3 Å². The summed E-state index contributed by atoms with van der Waals surface area (Å²) in [5.74, 6) is 0.135. The first-order valence-corrected chi connectivity index (χ1v) is 9.21. The first kappa shape index (κ1) is 17.8. The number of ether oxygens (including phenoxy) is 1. The zero-order valence-corrected chi connectivity index (χ0v) is 15.1. The van der Waals surface area contributed by atoms with E-state index in [1.807, 2.05) is 17.0 Å². The quantitative estimate of drug-likeness (QED) is 0.858. The lowest BCUT2D eigenvalue weighted by atomic mass is 9.95. The minimum atomic E-state index is -0.117. The molecule has 2 unspecified atom stereocenters. The highest BCUT2D eigenvalue weighted by atomic mass is 35.5. The topological polar surface area (TPSA) is 53.6 Å². The van der Waals surface area contributed by atoms with Crippen LogP contribution in [0.5, 0.6) is 0 Å². The van der Waals surface area contributed by atoms with E-state index in [1.165, 1.54) is 0 Å². The molecule has 2 aliphatic heterocycles. The first-order valence-electron chi connectivity index (χ1n) is 8.45. The fourth-order valence-electron chi connectivity index (χ4n) is 3.28. The number of likely N-dealkylation sites (tertiary alicyclic amines) is 1. The zero-order chi connectivity index (χ0) is 16.9. The van der Waals surface area contributed by atoms with Gasteiger partial charge in [0.15, 0.2) is 0 Å². The predicted octanol–water partition coefficient (Wildman–Crippen LogP) is 3.08. The number of nitrogens with one attached hydrogen (secondary N) is 2.